The van der Waals surface area contributed by atoms with Crippen LogP contribution < -0.4 is 5.32 Å². The van der Waals surface area contributed by atoms with Crippen molar-refractivity contribution in [3.8, 4) is 11.3 Å². The lowest BCUT2D eigenvalue weighted by Gasteiger charge is -2.09. The fourth-order valence-corrected chi connectivity index (χ4v) is 4.31. The van der Waals surface area contributed by atoms with E-state index in [-0.39, 0.29) is 11.6 Å². The number of rotatable bonds is 4. The molecule has 1 aliphatic rings. The third-order valence-electron chi connectivity index (χ3n) is 4.97. The summed E-state index contributed by atoms with van der Waals surface area (Å²) in [7, 11) is 0. The Bertz CT molecular complexity index is 1260. The zero-order chi connectivity index (χ0) is 20.9. The Morgan fingerprint density at radius 2 is 2.07 bits per heavy atom. The molecule has 0 aliphatic heterocycles. The SMILES string of the molecule is O=C(Nc1ccnc(C(F)(F)F)c1)c1snc(-c2cccc3[nH]ncc23)c1C1CC1. The highest BCUT2D eigenvalue weighted by molar-refractivity contribution is 7.08. The topological polar surface area (TPSA) is 83.6 Å². The third kappa shape index (κ3) is 3.32. The summed E-state index contributed by atoms with van der Waals surface area (Å²) in [5.74, 6) is -0.260. The van der Waals surface area contributed by atoms with Crippen LogP contribution in [0.3, 0.4) is 0 Å². The summed E-state index contributed by atoms with van der Waals surface area (Å²) in [5, 5.41) is 10.5. The molecule has 6 nitrogen and oxygen atoms in total. The maximum Gasteiger partial charge on any atom is 0.433 e. The van der Waals surface area contributed by atoms with Gasteiger partial charge in [-0.1, -0.05) is 12.1 Å². The fraction of sp³-hybridized carbons (Fsp3) is 0.200. The first-order valence-electron chi connectivity index (χ1n) is 9.18. The van der Waals surface area contributed by atoms with E-state index in [4.69, 9.17) is 0 Å². The van der Waals surface area contributed by atoms with Crippen molar-refractivity contribution in [2.75, 3.05) is 5.32 Å². The normalized spacial score (nSPS) is 14.2. The Kier molecular flexibility index (Phi) is 4.31. The minimum atomic E-state index is -4.58. The Labute approximate surface area is 172 Å². The van der Waals surface area contributed by atoms with Gasteiger partial charge in [-0.3, -0.25) is 14.9 Å². The van der Waals surface area contributed by atoms with Crippen molar-refractivity contribution >= 4 is 34.0 Å². The number of aromatic nitrogens is 4. The zero-order valence-corrected chi connectivity index (χ0v) is 16.1. The number of hydrogen-bond acceptors (Lipinski definition) is 5. The second-order valence-electron chi connectivity index (χ2n) is 7.07. The molecule has 152 valence electrons. The van der Waals surface area contributed by atoms with E-state index in [1.807, 2.05) is 18.2 Å². The molecular formula is C20H14F3N5OS. The van der Waals surface area contributed by atoms with Gasteiger partial charge in [0, 0.05) is 28.4 Å². The standard InChI is InChI=1S/C20H14F3N5OS/c21-20(22,23)15-8-11(6-7-24-15)26-19(29)18-16(10-4-5-10)17(28-30-18)12-2-1-3-14-13(12)9-25-27-14/h1-3,6-10H,4-5H2,(H,25,27)(H,24,26,29). The van der Waals surface area contributed by atoms with Gasteiger partial charge < -0.3 is 5.32 Å². The molecule has 1 aromatic carbocycles. The molecule has 3 heterocycles. The number of benzene rings is 1. The second-order valence-corrected chi connectivity index (χ2v) is 7.84. The van der Waals surface area contributed by atoms with Gasteiger partial charge in [0.2, 0.25) is 0 Å². The summed E-state index contributed by atoms with van der Waals surface area (Å²) in [6.07, 6.45) is 0.0515. The molecule has 1 fully saturated rings. The molecule has 10 heteroatoms. The quantitative estimate of drug-likeness (QED) is 0.465. The van der Waals surface area contributed by atoms with Crippen molar-refractivity contribution < 1.29 is 18.0 Å². The van der Waals surface area contributed by atoms with Crippen LogP contribution >= 0.6 is 11.5 Å². The van der Waals surface area contributed by atoms with Crippen molar-refractivity contribution in [1.29, 1.82) is 0 Å². The first-order valence-corrected chi connectivity index (χ1v) is 9.96. The Balaban J connectivity index is 1.52. The van der Waals surface area contributed by atoms with E-state index in [2.05, 4.69) is 24.9 Å². The van der Waals surface area contributed by atoms with Crippen LogP contribution in [0.5, 0.6) is 0 Å². The van der Waals surface area contributed by atoms with Crippen molar-refractivity contribution in [3.05, 3.63) is 58.9 Å². The number of nitrogens with one attached hydrogen (secondary N) is 2. The van der Waals surface area contributed by atoms with Crippen LogP contribution in [0.4, 0.5) is 18.9 Å². The number of pyridine rings is 1. The van der Waals surface area contributed by atoms with Gasteiger partial charge in [0.05, 0.1) is 17.4 Å². The van der Waals surface area contributed by atoms with Crippen LogP contribution in [0.1, 0.15) is 39.7 Å². The summed E-state index contributed by atoms with van der Waals surface area (Å²) >= 11 is 1.06. The molecule has 0 bridgehead atoms. The third-order valence-corrected chi connectivity index (χ3v) is 5.83. The van der Waals surface area contributed by atoms with Crippen LogP contribution in [0.2, 0.25) is 0 Å². The van der Waals surface area contributed by atoms with Crippen molar-refractivity contribution in [1.82, 2.24) is 19.6 Å². The zero-order valence-electron chi connectivity index (χ0n) is 15.3. The van der Waals surface area contributed by atoms with Crippen LogP contribution in [0.15, 0.2) is 42.7 Å². The average molecular weight is 429 g/mol. The van der Waals surface area contributed by atoms with E-state index < -0.39 is 17.8 Å². The predicted molar refractivity (Wildman–Crippen MR) is 106 cm³/mol. The summed E-state index contributed by atoms with van der Waals surface area (Å²) < 4.78 is 43.3. The number of fused-ring (bicyclic) bond motifs is 1. The van der Waals surface area contributed by atoms with Gasteiger partial charge in [0.25, 0.3) is 5.91 Å². The highest BCUT2D eigenvalue weighted by atomic mass is 32.1. The van der Waals surface area contributed by atoms with E-state index in [1.165, 1.54) is 6.07 Å². The molecule has 0 radical (unpaired) electrons. The van der Waals surface area contributed by atoms with E-state index in [1.54, 1.807) is 6.20 Å². The summed E-state index contributed by atoms with van der Waals surface area (Å²) in [6, 6.07) is 7.88. The number of carbonyl (C=O) groups excluding carboxylic acids is 1. The molecule has 0 unspecified atom stereocenters. The molecule has 3 aromatic heterocycles. The number of nitrogens with zero attached hydrogens (tertiary/aromatic N) is 3. The lowest BCUT2D eigenvalue weighted by Crippen LogP contribution is -2.14. The van der Waals surface area contributed by atoms with Gasteiger partial charge in [-0.15, -0.1) is 0 Å². The fourth-order valence-electron chi connectivity index (χ4n) is 3.43. The molecule has 0 spiro atoms. The number of halogens is 3. The number of alkyl halides is 3. The molecule has 0 atom stereocenters. The molecule has 0 saturated heterocycles. The summed E-state index contributed by atoms with van der Waals surface area (Å²) in [5.41, 5.74) is 2.29. The van der Waals surface area contributed by atoms with Gasteiger partial charge in [0.15, 0.2) is 0 Å². The van der Waals surface area contributed by atoms with E-state index in [0.29, 0.717) is 4.88 Å². The summed E-state index contributed by atoms with van der Waals surface area (Å²) in [6.45, 7) is 0. The lowest BCUT2D eigenvalue weighted by atomic mass is 10.00. The van der Waals surface area contributed by atoms with Gasteiger partial charge in [-0.05, 0) is 48.5 Å². The molecule has 1 amide bonds. The van der Waals surface area contributed by atoms with Gasteiger partial charge in [-0.25, -0.2) is 0 Å². The van der Waals surface area contributed by atoms with Crippen molar-refractivity contribution in [2.24, 2.45) is 0 Å². The second kappa shape index (κ2) is 6.91. The smallest absolute Gasteiger partial charge is 0.321 e. The van der Waals surface area contributed by atoms with Crippen LogP contribution in [0.25, 0.3) is 22.2 Å². The van der Waals surface area contributed by atoms with Crippen molar-refractivity contribution in [3.63, 3.8) is 0 Å². The van der Waals surface area contributed by atoms with Crippen LogP contribution in [-0.2, 0) is 6.18 Å². The van der Waals surface area contributed by atoms with Crippen molar-refractivity contribution in [2.45, 2.75) is 24.9 Å². The maximum atomic E-state index is 12.9. The van der Waals surface area contributed by atoms with Crippen LogP contribution in [0, 0.1) is 0 Å². The number of hydrogen-bond donors (Lipinski definition) is 2. The number of amides is 1. The first kappa shape index (κ1) is 18.7. The maximum absolute atomic E-state index is 12.9. The lowest BCUT2D eigenvalue weighted by molar-refractivity contribution is -0.141. The highest BCUT2D eigenvalue weighted by Gasteiger charge is 2.35. The average Bonchev–Trinajstić information content (AvgIpc) is 3.26. The number of aromatic amines is 1. The number of anilines is 1. The van der Waals surface area contributed by atoms with Crippen LogP contribution in [-0.4, -0.2) is 25.5 Å². The number of H-pyrrole nitrogens is 1. The minimum absolute atomic E-state index is 0.0379. The van der Waals surface area contributed by atoms with Gasteiger partial charge in [-0.2, -0.15) is 22.6 Å². The molecule has 2 N–H and O–H groups in total. The molecule has 5 rings (SSSR count). The summed E-state index contributed by atoms with van der Waals surface area (Å²) in [4.78, 5) is 16.7. The van der Waals surface area contributed by atoms with Gasteiger partial charge in [0.1, 0.15) is 10.6 Å². The largest absolute Gasteiger partial charge is 0.433 e. The first-order chi connectivity index (χ1) is 14.4. The minimum Gasteiger partial charge on any atom is -0.321 e. The highest BCUT2D eigenvalue weighted by Crippen LogP contribution is 2.48. The molecular weight excluding hydrogens is 415 g/mol. The Morgan fingerprint density at radius 3 is 2.83 bits per heavy atom. The molecule has 30 heavy (non-hydrogen) atoms. The molecule has 1 saturated carbocycles. The Morgan fingerprint density at radius 1 is 1.23 bits per heavy atom. The Hall–Kier alpha value is -3.27. The monoisotopic (exact) mass is 429 g/mol. The van der Waals surface area contributed by atoms with E-state index in [9.17, 15) is 18.0 Å². The number of carbonyl (C=O) groups is 1. The van der Waals surface area contributed by atoms with Gasteiger partial charge >= 0.3 is 6.18 Å². The predicted octanol–water partition coefficient (Wildman–Crippen LogP) is 5.23. The molecule has 1 aliphatic carbocycles. The molecule has 4 aromatic rings. The van der Waals surface area contributed by atoms with E-state index in [0.717, 1.165) is 64.4 Å². The van der Waals surface area contributed by atoms with E-state index >= 15 is 0 Å².